The minimum atomic E-state index is -1.55. The van der Waals surface area contributed by atoms with Crippen molar-refractivity contribution >= 4 is 34.9 Å². The molecule has 0 atom stereocenters. The summed E-state index contributed by atoms with van der Waals surface area (Å²) < 4.78 is 0. The number of aromatic nitrogens is 1. The van der Waals surface area contributed by atoms with Crippen molar-refractivity contribution in [1.82, 2.24) is 4.98 Å². The monoisotopic (exact) mass is 307 g/mol. The van der Waals surface area contributed by atoms with Crippen LogP contribution in [0, 0.1) is 0 Å². The number of ketones is 1. The SMILES string of the molecule is O=C(O)/C(O)=C/C(=O)c1nc(Sc2ccccc2)cs1. The Morgan fingerprint density at radius 3 is 2.55 bits per heavy atom. The van der Waals surface area contributed by atoms with Gasteiger partial charge in [0.05, 0.1) is 0 Å². The number of carboxylic acids is 1. The minimum Gasteiger partial charge on any atom is -0.502 e. The zero-order chi connectivity index (χ0) is 14.5. The summed E-state index contributed by atoms with van der Waals surface area (Å²) in [7, 11) is 0. The molecule has 0 radical (unpaired) electrons. The third-order valence-corrected chi connectivity index (χ3v) is 4.08. The number of hydrogen-bond donors (Lipinski definition) is 2. The summed E-state index contributed by atoms with van der Waals surface area (Å²) >= 11 is 2.50. The molecule has 0 fully saturated rings. The highest BCUT2D eigenvalue weighted by Gasteiger charge is 2.13. The highest BCUT2D eigenvalue weighted by atomic mass is 32.2. The fraction of sp³-hybridized carbons (Fsp3) is 0. The van der Waals surface area contributed by atoms with Crippen molar-refractivity contribution in [3.8, 4) is 0 Å². The average Bonchev–Trinajstić information content (AvgIpc) is 2.88. The molecule has 0 aliphatic heterocycles. The first-order valence-electron chi connectivity index (χ1n) is 5.43. The topological polar surface area (TPSA) is 87.5 Å². The zero-order valence-electron chi connectivity index (χ0n) is 10.0. The van der Waals surface area contributed by atoms with Gasteiger partial charge in [-0.2, -0.15) is 0 Å². The number of benzene rings is 1. The third-order valence-electron chi connectivity index (χ3n) is 2.15. The Labute approximate surface area is 122 Å². The van der Waals surface area contributed by atoms with E-state index < -0.39 is 17.5 Å². The van der Waals surface area contributed by atoms with Crippen LogP contribution in [0.4, 0.5) is 0 Å². The summed E-state index contributed by atoms with van der Waals surface area (Å²) in [5.41, 5.74) is 0. The maximum absolute atomic E-state index is 11.7. The standard InChI is InChI=1S/C13H9NO4S2/c15-9(6-10(16)13(17)18)12-14-11(7-19-12)20-8-4-2-1-3-5-8/h1-7,16H,(H,17,18)/b10-6-. The fourth-order valence-electron chi connectivity index (χ4n) is 1.28. The van der Waals surface area contributed by atoms with Gasteiger partial charge in [-0.25, -0.2) is 9.78 Å². The van der Waals surface area contributed by atoms with Crippen LogP contribution in [0.15, 0.2) is 57.5 Å². The minimum absolute atomic E-state index is 0.135. The number of rotatable bonds is 5. The lowest BCUT2D eigenvalue weighted by Crippen LogP contribution is -2.03. The molecule has 7 heteroatoms. The zero-order valence-corrected chi connectivity index (χ0v) is 11.6. The first kappa shape index (κ1) is 14.3. The van der Waals surface area contributed by atoms with Crippen LogP contribution in [0.1, 0.15) is 9.80 Å². The lowest BCUT2D eigenvalue weighted by Gasteiger charge is -1.95. The predicted molar refractivity (Wildman–Crippen MR) is 75.4 cm³/mol. The molecule has 1 aromatic carbocycles. The molecule has 2 rings (SSSR count). The molecular formula is C13H9NO4S2. The van der Waals surface area contributed by atoms with Crippen molar-refractivity contribution in [3.63, 3.8) is 0 Å². The van der Waals surface area contributed by atoms with Crippen molar-refractivity contribution in [3.05, 3.63) is 52.6 Å². The second kappa shape index (κ2) is 6.36. The molecule has 1 heterocycles. The molecule has 0 aliphatic carbocycles. The number of allylic oxidation sites excluding steroid dienone is 1. The summed E-state index contributed by atoms with van der Waals surface area (Å²) in [5.74, 6) is -3.17. The Kier molecular flexibility index (Phi) is 4.54. The number of carbonyl (C=O) groups excluding carboxylic acids is 1. The normalized spacial score (nSPS) is 11.3. The molecule has 2 N–H and O–H groups in total. The van der Waals surface area contributed by atoms with E-state index in [9.17, 15) is 9.59 Å². The quantitative estimate of drug-likeness (QED) is 0.501. The Morgan fingerprint density at radius 2 is 1.90 bits per heavy atom. The number of hydrogen-bond acceptors (Lipinski definition) is 6. The van der Waals surface area contributed by atoms with Crippen LogP contribution in [0.2, 0.25) is 0 Å². The van der Waals surface area contributed by atoms with Gasteiger partial charge in [-0.05, 0) is 12.1 Å². The number of aliphatic hydroxyl groups is 1. The Bertz CT molecular complexity index is 664. The Morgan fingerprint density at radius 1 is 1.20 bits per heavy atom. The van der Waals surface area contributed by atoms with Gasteiger partial charge in [0.15, 0.2) is 5.01 Å². The number of carbonyl (C=O) groups is 2. The molecule has 0 saturated carbocycles. The number of nitrogens with zero attached hydrogens (tertiary/aromatic N) is 1. The second-order valence-electron chi connectivity index (χ2n) is 3.60. The second-order valence-corrected chi connectivity index (χ2v) is 5.56. The molecular weight excluding hydrogens is 298 g/mol. The van der Waals surface area contributed by atoms with Gasteiger partial charge >= 0.3 is 5.97 Å². The van der Waals surface area contributed by atoms with Gasteiger partial charge in [0.2, 0.25) is 11.5 Å². The maximum atomic E-state index is 11.7. The van der Waals surface area contributed by atoms with Gasteiger partial charge in [-0.15, -0.1) is 11.3 Å². The first-order valence-corrected chi connectivity index (χ1v) is 7.12. The van der Waals surface area contributed by atoms with E-state index in [0.717, 1.165) is 16.2 Å². The van der Waals surface area contributed by atoms with Gasteiger partial charge in [-0.3, -0.25) is 4.79 Å². The molecule has 1 aromatic heterocycles. The predicted octanol–water partition coefficient (Wildman–Crippen LogP) is 3.00. The average molecular weight is 307 g/mol. The lowest BCUT2D eigenvalue weighted by atomic mass is 10.3. The number of aliphatic hydroxyl groups excluding tert-OH is 1. The Balaban J connectivity index is 2.11. The van der Waals surface area contributed by atoms with Gasteiger partial charge in [0.25, 0.3) is 0 Å². The van der Waals surface area contributed by atoms with Gasteiger partial charge in [0, 0.05) is 16.4 Å². The lowest BCUT2D eigenvalue weighted by molar-refractivity contribution is -0.135. The summed E-state index contributed by atoms with van der Waals surface area (Å²) in [4.78, 5) is 27.2. The van der Waals surface area contributed by atoms with E-state index in [-0.39, 0.29) is 5.01 Å². The van der Waals surface area contributed by atoms with Crippen LogP contribution in [-0.4, -0.2) is 26.9 Å². The van der Waals surface area contributed by atoms with Gasteiger partial charge < -0.3 is 10.2 Å². The fourth-order valence-corrected chi connectivity index (χ4v) is 2.93. The summed E-state index contributed by atoms with van der Waals surface area (Å²) in [6.07, 6.45) is 0.651. The molecule has 0 saturated heterocycles. The van der Waals surface area contributed by atoms with Crippen molar-refractivity contribution in [2.24, 2.45) is 0 Å². The van der Waals surface area contributed by atoms with E-state index in [0.29, 0.717) is 11.1 Å². The highest BCUT2D eigenvalue weighted by molar-refractivity contribution is 7.99. The highest BCUT2D eigenvalue weighted by Crippen LogP contribution is 2.28. The van der Waals surface area contributed by atoms with Crippen molar-refractivity contribution in [2.75, 3.05) is 0 Å². The van der Waals surface area contributed by atoms with E-state index in [1.165, 1.54) is 11.8 Å². The molecule has 20 heavy (non-hydrogen) atoms. The van der Waals surface area contributed by atoms with Crippen molar-refractivity contribution < 1.29 is 19.8 Å². The maximum Gasteiger partial charge on any atom is 0.371 e. The van der Waals surface area contributed by atoms with Crippen LogP contribution in [0.5, 0.6) is 0 Å². The molecule has 102 valence electrons. The van der Waals surface area contributed by atoms with E-state index >= 15 is 0 Å². The van der Waals surface area contributed by atoms with Crippen LogP contribution < -0.4 is 0 Å². The molecule has 5 nitrogen and oxygen atoms in total. The largest absolute Gasteiger partial charge is 0.502 e. The molecule has 0 spiro atoms. The molecule has 2 aromatic rings. The smallest absolute Gasteiger partial charge is 0.371 e. The van der Waals surface area contributed by atoms with Crippen LogP contribution >= 0.6 is 23.1 Å². The van der Waals surface area contributed by atoms with Crippen LogP contribution in [0.25, 0.3) is 0 Å². The van der Waals surface area contributed by atoms with E-state index in [1.54, 1.807) is 5.38 Å². The van der Waals surface area contributed by atoms with E-state index in [2.05, 4.69) is 4.98 Å². The number of aliphatic carboxylic acids is 1. The first-order chi connectivity index (χ1) is 9.56. The molecule has 0 bridgehead atoms. The summed E-state index contributed by atoms with van der Waals surface area (Å²) in [6.45, 7) is 0. The van der Waals surface area contributed by atoms with Gasteiger partial charge in [-0.1, -0.05) is 30.0 Å². The van der Waals surface area contributed by atoms with Gasteiger partial charge in [0.1, 0.15) is 5.03 Å². The van der Waals surface area contributed by atoms with Crippen LogP contribution in [-0.2, 0) is 4.79 Å². The van der Waals surface area contributed by atoms with E-state index in [4.69, 9.17) is 10.2 Å². The molecule has 0 amide bonds. The van der Waals surface area contributed by atoms with Crippen molar-refractivity contribution in [1.29, 1.82) is 0 Å². The molecule has 0 unspecified atom stereocenters. The third kappa shape index (κ3) is 3.69. The van der Waals surface area contributed by atoms with E-state index in [1.807, 2.05) is 30.3 Å². The molecule has 0 aliphatic rings. The van der Waals surface area contributed by atoms with Crippen LogP contribution in [0.3, 0.4) is 0 Å². The number of carboxylic acid groups (broad SMARTS) is 1. The van der Waals surface area contributed by atoms with Crippen molar-refractivity contribution in [2.45, 2.75) is 9.92 Å². The summed E-state index contributed by atoms with van der Waals surface area (Å²) in [5, 5.41) is 20.0. The summed E-state index contributed by atoms with van der Waals surface area (Å²) in [6, 6.07) is 9.53. The Hall–Kier alpha value is -2.12. The number of thiazole rings is 1.